The van der Waals surface area contributed by atoms with E-state index >= 15 is 0 Å². The summed E-state index contributed by atoms with van der Waals surface area (Å²) in [5.41, 5.74) is 0.802. The van der Waals surface area contributed by atoms with Crippen LogP contribution in [0.15, 0.2) is 52.1 Å². The van der Waals surface area contributed by atoms with Crippen molar-refractivity contribution in [2.75, 3.05) is 13.7 Å². The van der Waals surface area contributed by atoms with E-state index in [0.29, 0.717) is 6.54 Å². The van der Waals surface area contributed by atoms with Crippen LogP contribution in [-0.2, 0) is 16.1 Å². The molecular weight excluding hydrogens is 430 g/mol. The molecule has 0 radical (unpaired) electrons. The highest BCUT2D eigenvalue weighted by Crippen LogP contribution is 2.26. The zero-order valence-corrected chi connectivity index (χ0v) is 16.1. The van der Waals surface area contributed by atoms with Gasteiger partial charge >= 0.3 is 5.97 Å². The van der Waals surface area contributed by atoms with Crippen LogP contribution in [0, 0.1) is 0 Å². The molecule has 0 aliphatic rings. The van der Waals surface area contributed by atoms with Gasteiger partial charge in [-0.1, -0.05) is 34.1 Å². The van der Waals surface area contributed by atoms with E-state index in [9.17, 15) is 18.4 Å². The number of hydrogen-bond donors (Lipinski definition) is 0. The molecule has 0 atom stereocenters. The highest BCUT2D eigenvalue weighted by Gasteiger charge is 2.20. The predicted octanol–water partition coefficient (Wildman–Crippen LogP) is 3.97. The van der Waals surface area contributed by atoms with Gasteiger partial charge in [-0.15, -0.1) is 0 Å². The quantitative estimate of drug-likeness (QED) is 0.477. The summed E-state index contributed by atoms with van der Waals surface area (Å²) in [4.78, 5) is 29.4. The minimum absolute atomic E-state index is 0.0981. The number of amides is 1. The number of pyridine rings is 1. The molecular formula is C17H15BrF2N2O3S. The van der Waals surface area contributed by atoms with Gasteiger partial charge in [0.2, 0.25) is 0 Å². The van der Waals surface area contributed by atoms with Crippen LogP contribution in [0.3, 0.4) is 0 Å². The Hall–Kier alpha value is -2.00. The summed E-state index contributed by atoms with van der Waals surface area (Å²) >= 11 is 3.55. The molecule has 0 unspecified atom stereocenters. The topological polar surface area (TPSA) is 59.5 Å². The predicted molar refractivity (Wildman–Crippen MR) is 97.0 cm³/mol. The van der Waals surface area contributed by atoms with Crippen molar-refractivity contribution < 1.29 is 23.1 Å². The minimum atomic E-state index is -2.71. The molecule has 9 heteroatoms. The molecule has 0 aliphatic carbocycles. The van der Waals surface area contributed by atoms with Gasteiger partial charge in [-0.2, -0.15) is 8.78 Å². The Morgan fingerprint density at radius 1 is 1.27 bits per heavy atom. The molecule has 0 saturated carbocycles. The lowest BCUT2D eigenvalue weighted by Gasteiger charge is -2.18. The number of esters is 1. The summed E-state index contributed by atoms with van der Waals surface area (Å²) in [6, 6.07) is 10.2. The van der Waals surface area contributed by atoms with Crippen LogP contribution in [-0.4, -0.2) is 41.2 Å². The van der Waals surface area contributed by atoms with Gasteiger partial charge in [-0.05, 0) is 35.5 Å². The van der Waals surface area contributed by atoms with Crippen LogP contribution in [0.25, 0.3) is 0 Å². The molecule has 5 nitrogen and oxygen atoms in total. The molecule has 0 aliphatic heterocycles. The van der Waals surface area contributed by atoms with Gasteiger partial charge in [0.15, 0.2) is 6.61 Å². The maximum absolute atomic E-state index is 12.5. The van der Waals surface area contributed by atoms with Crippen LogP contribution >= 0.6 is 27.7 Å². The van der Waals surface area contributed by atoms with Crippen LogP contribution < -0.4 is 0 Å². The van der Waals surface area contributed by atoms with Crippen molar-refractivity contribution in [1.29, 1.82) is 0 Å². The normalized spacial score (nSPS) is 10.7. The van der Waals surface area contributed by atoms with Gasteiger partial charge in [-0.25, -0.2) is 9.78 Å². The molecule has 0 spiro atoms. The summed E-state index contributed by atoms with van der Waals surface area (Å²) in [6.45, 7) is -0.162. The Balaban J connectivity index is 1.95. The van der Waals surface area contributed by atoms with Crippen molar-refractivity contribution >= 4 is 39.6 Å². The Morgan fingerprint density at radius 2 is 2.00 bits per heavy atom. The number of carbonyl (C=O) groups excluding carboxylic acids is 2. The Kier molecular flexibility index (Phi) is 7.52. The second-order valence-electron chi connectivity index (χ2n) is 5.15. The fourth-order valence-electron chi connectivity index (χ4n) is 2.01. The summed E-state index contributed by atoms with van der Waals surface area (Å²) < 4.78 is 30.9. The van der Waals surface area contributed by atoms with E-state index in [4.69, 9.17) is 4.74 Å². The average molecular weight is 445 g/mol. The zero-order chi connectivity index (χ0) is 19.1. The molecule has 0 saturated heterocycles. The van der Waals surface area contributed by atoms with Crippen LogP contribution in [0.5, 0.6) is 0 Å². The molecule has 1 heterocycles. The first-order valence-electron chi connectivity index (χ1n) is 7.42. The highest BCUT2D eigenvalue weighted by atomic mass is 79.9. The van der Waals surface area contributed by atoms with E-state index in [-0.39, 0.29) is 22.4 Å². The third kappa shape index (κ3) is 5.77. The smallest absolute Gasteiger partial charge is 0.341 e. The summed E-state index contributed by atoms with van der Waals surface area (Å²) in [6.07, 6.45) is 1.30. The van der Waals surface area contributed by atoms with Crippen LogP contribution in [0.1, 0.15) is 15.9 Å². The number of thioether (sulfide) groups is 1. The maximum Gasteiger partial charge on any atom is 0.341 e. The van der Waals surface area contributed by atoms with Crippen LogP contribution in [0.2, 0.25) is 0 Å². The second-order valence-corrected chi connectivity index (χ2v) is 6.99. The van der Waals surface area contributed by atoms with Gasteiger partial charge in [-0.3, -0.25) is 4.79 Å². The number of benzene rings is 1. The van der Waals surface area contributed by atoms with E-state index in [2.05, 4.69) is 20.9 Å². The lowest BCUT2D eigenvalue weighted by atomic mass is 10.2. The molecule has 26 heavy (non-hydrogen) atoms. The van der Waals surface area contributed by atoms with E-state index in [1.54, 1.807) is 7.05 Å². The molecule has 1 amide bonds. The number of aromatic nitrogens is 1. The standard InChI is InChI=1S/C17H15BrF2N2O3S/c1-22(9-11-5-2-3-7-13(11)18)14(23)10-25-16(24)12-6-4-8-21-15(12)26-17(19)20/h2-8,17H,9-10H2,1H3. The third-order valence-corrected chi connectivity index (χ3v) is 4.81. The van der Waals surface area contributed by atoms with Crippen molar-refractivity contribution in [2.45, 2.75) is 17.3 Å². The van der Waals surface area contributed by atoms with Gasteiger partial charge in [0.25, 0.3) is 11.7 Å². The van der Waals surface area contributed by atoms with Crippen molar-refractivity contribution in [1.82, 2.24) is 9.88 Å². The van der Waals surface area contributed by atoms with Crippen molar-refractivity contribution in [3.8, 4) is 0 Å². The number of likely N-dealkylation sites (N-methyl/N-ethyl adjacent to an activating group) is 1. The number of ether oxygens (including phenoxy) is 1. The molecule has 0 N–H and O–H groups in total. The monoisotopic (exact) mass is 444 g/mol. The first kappa shape index (κ1) is 20.3. The zero-order valence-electron chi connectivity index (χ0n) is 13.7. The van der Waals surface area contributed by atoms with E-state index in [1.807, 2.05) is 24.3 Å². The lowest BCUT2D eigenvalue weighted by molar-refractivity contribution is -0.133. The molecule has 1 aromatic heterocycles. The number of rotatable bonds is 7. The first-order valence-corrected chi connectivity index (χ1v) is 9.10. The number of hydrogen-bond acceptors (Lipinski definition) is 5. The van der Waals surface area contributed by atoms with Crippen molar-refractivity contribution in [3.63, 3.8) is 0 Å². The first-order chi connectivity index (χ1) is 12.4. The van der Waals surface area contributed by atoms with Crippen LogP contribution in [0.4, 0.5) is 8.78 Å². The average Bonchev–Trinajstić information content (AvgIpc) is 2.61. The molecule has 0 fully saturated rings. The number of nitrogens with zero attached hydrogens (tertiary/aromatic N) is 2. The molecule has 0 bridgehead atoms. The molecule has 138 valence electrons. The SMILES string of the molecule is CN(Cc1ccccc1Br)C(=O)COC(=O)c1cccnc1SC(F)F. The van der Waals surface area contributed by atoms with E-state index < -0.39 is 24.2 Å². The highest BCUT2D eigenvalue weighted by molar-refractivity contribution is 9.10. The van der Waals surface area contributed by atoms with Crippen molar-refractivity contribution in [2.24, 2.45) is 0 Å². The maximum atomic E-state index is 12.5. The number of alkyl halides is 2. The Labute approximate surface area is 161 Å². The molecule has 2 aromatic rings. The van der Waals surface area contributed by atoms with Gasteiger partial charge in [0, 0.05) is 24.3 Å². The second kappa shape index (κ2) is 9.63. The fourth-order valence-corrected chi connectivity index (χ4v) is 2.99. The minimum Gasteiger partial charge on any atom is -0.452 e. The van der Waals surface area contributed by atoms with Gasteiger partial charge in [0.05, 0.1) is 5.56 Å². The molecule has 1 aromatic carbocycles. The summed E-state index contributed by atoms with van der Waals surface area (Å²) in [5.74, 6) is -4.00. The fraction of sp³-hybridized carbons (Fsp3) is 0.235. The number of halogens is 3. The largest absolute Gasteiger partial charge is 0.452 e. The summed E-state index contributed by atoms with van der Waals surface area (Å²) in [5, 5.41) is -0.137. The number of carbonyl (C=O) groups is 2. The van der Waals surface area contributed by atoms with Gasteiger partial charge < -0.3 is 9.64 Å². The van der Waals surface area contributed by atoms with Gasteiger partial charge in [0.1, 0.15) is 5.03 Å². The van der Waals surface area contributed by atoms with E-state index in [1.165, 1.54) is 23.2 Å². The lowest BCUT2D eigenvalue weighted by Crippen LogP contribution is -2.31. The molecule has 2 rings (SSSR count). The van der Waals surface area contributed by atoms with Crippen molar-refractivity contribution in [3.05, 3.63) is 58.2 Å². The Morgan fingerprint density at radius 3 is 2.69 bits per heavy atom. The Bertz CT molecular complexity index is 792. The van der Waals surface area contributed by atoms with E-state index in [0.717, 1.165) is 10.0 Å². The summed E-state index contributed by atoms with van der Waals surface area (Å²) in [7, 11) is 1.58. The third-order valence-electron chi connectivity index (χ3n) is 3.31.